The number of hydrogen-bond acceptors (Lipinski definition) is 4. The first-order chi connectivity index (χ1) is 8.99. The van der Waals surface area contributed by atoms with Gasteiger partial charge >= 0.3 is 0 Å². The van der Waals surface area contributed by atoms with Crippen molar-refractivity contribution in [3.8, 4) is 5.75 Å². The predicted octanol–water partition coefficient (Wildman–Crippen LogP) is 2.95. The molecular formula is C13H11ClO4S. The molecular weight excluding hydrogens is 288 g/mol. The lowest BCUT2D eigenvalue weighted by Gasteiger charge is -2.07. The van der Waals surface area contributed by atoms with Gasteiger partial charge in [0, 0.05) is 5.02 Å². The fourth-order valence-electron chi connectivity index (χ4n) is 1.44. The quantitative estimate of drug-likeness (QED) is 0.882. The summed E-state index contributed by atoms with van der Waals surface area (Å²) in [4.78, 5) is -0.0163. The van der Waals surface area contributed by atoms with Gasteiger partial charge in [-0.3, -0.25) is 4.18 Å². The molecule has 0 fully saturated rings. The minimum absolute atomic E-state index is 0.00921. The minimum Gasteiger partial charge on any atom is -0.508 e. The predicted molar refractivity (Wildman–Crippen MR) is 71.5 cm³/mol. The van der Waals surface area contributed by atoms with E-state index in [1.807, 2.05) is 0 Å². The molecule has 100 valence electrons. The van der Waals surface area contributed by atoms with Gasteiger partial charge in [0.15, 0.2) is 0 Å². The molecule has 0 amide bonds. The molecule has 0 aliphatic carbocycles. The van der Waals surface area contributed by atoms with E-state index in [1.54, 1.807) is 24.3 Å². The Morgan fingerprint density at radius 2 is 1.68 bits per heavy atom. The van der Waals surface area contributed by atoms with Crippen LogP contribution in [0.25, 0.3) is 0 Å². The lowest BCUT2D eigenvalue weighted by molar-refractivity contribution is 0.308. The Labute approximate surface area is 116 Å². The fourth-order valence-corrected chi connectivity index (χ4v) is 2.52. The average molecular weight is 299 g/mol. The van der Waals surface area contributed by atoms with Crippen LogP contribution in [-0.2, 0) is 20.9 Å². The van der Waals surface area contributed by atoms with E-state index in [0.717, 1.165) is 0 Å². The monoisotopic (exact) mass is 298 g/mol. The summed E-state index contributed by atoms with van der Waals surface area (Å²) in [6, 6.07) is 12.0. The zero-order valence-electron chi connectivity index (χ0n) is 9.78. The third-order valence-corrected chi connectivity index (χ3v) is 4.10. The summed E-state index contributed by atoms with van der Waals surface area (Å²) in [5, 5.41) is 9.56. The molecule has 0 aliphatic heterocycles. The summed E-state index contributed by atoms with van der Waals surface area (Å²) in [7, 11) is -3.86. The molecule has 0 saturated carbocycles. The van der Waals surface area contributed by atoms with Crippen LogP contribution in [0.2, 0.25) is 5.02 Å². The van der Waals surface area contributed by atoms with Gasteiger partial charge in [-0.25, -0.2) is 0 Å². The fraction of sp³-hybridized carbons (Fsp3) is 0.0769. The Balaban J connectivity index is 2.14. The van der Waals surface area contributed by atoms with Crippen molar-refractivity contribution < 1.29 is 17.7 Å². The number of phenolic OH excluding ortho intramolecular Hbond substituents is 1. The van der Waals surface area contributed by atoms with Crippen LogP contribution in [0.1, 0.15) is 5.56 Å². The highest BCUT2D eigenvalue weighted by atomic mass is 35.5. The van der Waals surface area contributed by atoms with E-state index in [9.17, 15) is 8.42 Å². The van der Waals surface area contributed by atoms with Crippen LogP contribution >= 0.6 is 11.6 Å². The van der Waals surface area contributed by atoms with E-state index in [0.29, 0.717) is 10.6 Å². The van der Waals surface area contributed by atoms with Crippen LogP contribution in [0.15, 0.2) is 53.4 Å². The van der Waals surface area contributed by atoms with E-state index >= 15 is 0 Å². The standard InChI is InChI=1S/C13H11ClO4S/c14-13-4-2-1-3-10(13)9-18-19(16,17)12-7-5-11(15)6-8-12/h1-8,15H,9H2. The van der Waals surface area contributed by atoms with Crippen molar-refractivity contribution in [3.05, 3.63) is 59.1 Å². The van der Waals surface area contributed by atoms with Crippen molar-refractivity contribution in [3.63, 3.8) is 0 Å². The molecule has 0 heterocycles. The maximum absolute atomic E-state index is 11.9. The molecule has 0 spiro atoms. The molecule has 0 radical (unpaired) electrons. The Hall–Kier alpha value is -1.56. The number of aromatic hydroxyl groups is 1. The van der Waals surface area contributed by atoms with Gasteiger partial charge in [0.25, 0.3) is 10.1 Å². The van der Waals surface area contributed by atoms with Crippen molar-refractivity contribution >= 4 is 21.7 Å². The maximum atomic E-state index is 11.9. The molecule has 19 heavy (non-hydrogen) atoms. The van der Waals surface area contributed by atoms with Gasteiger partial charge in [0.1, 0.15) is 5.75 Å². The molecule has 2 rings (SSSR count). The van der Waals surface area contributed by atoms with Crippen molar-refractivity contribution in [2.24, 2.45) is 0 Å². The first-order valence-electron chi connectivity index (χ1n) is 5.41. The summed E-state index contributed by atoms with van der Waals surface area (Å²) in [6.45, 7) is -0.136. The third kappa shape index (κ3) is 3.47. The highest BCUT2D eigenvalue weighted by Crippen LogP contribution is 2.20. The first kappa shape index (κ1) is 13.9. The van der Waals surface area contributed by atoms with Crippen molar-refractivity contribution in [2.45, 2.75) is 11.5 Å². The highest BCUT2D eigenvalue weighted by molar-refractivity contribution is 7.86. The Kier molecular flexibility index (Phi) is 4.09. The van der Waals surface area contributed by atoms with Crippen LogP contribution in [0, 0.1) is 0 Å². The summed E-state index contributed by atoms with van der Waals surface area (Å²) in [6.07, 6.45) is 0. The lowest BCUT2D eigenvalue weighted by atomic mass is 10.2. The minimum atomic E-state index is -3.86. The largest absolute Gasteiger partial charge is 0.508 e. The lowest BCUT2D eigenvalue weighted by Crippen LogP contribution is -2.06. The van der Waals surface area contributed by atoms with Crippen LogP contribution in [0.4, 0.5) is 0 Å². The van der Waals surface area contributed by atoms with E-state index < -0.39 is 10.1 Å². The molecule has 0 bridgehead atoms. The molecule has 4 nitrogen and oxygen atoms in total. The topological polar surface area (TPSA) is 63.6 Å². The van der Waals surface area contributed by atoms with Crippen molar-refractivity contribution in [1.82, 2.24) is 0 Å². The number of benzene rings is 2. The molecule has 2 aromatic carbocycles. The third-order valence-electron chi connectivity index (χ3n) is 2.45. The maximum Gasteiger partial charge on any atom is 0.297 e. The molecule has 0 saturated heterocycles. The zero-order chi connectivity index (χ0) is 13.9. The molecule has 6 heteroatoms. The van der Waals surface area contributed by atoms with E-state index in [4.69, 9.17) is 20.9 Å². The van der Waals surface area contributed by atoms with Crippen molar-refractivity contribution in [1.29, 1.82) is 0 Å². The summed E-state index contributed by atoms with van der Waals surface area (Å²) in [5.41, 5.74) is 0.589. The van der Waals surface area contributed by atoms with Gasteiger partial charge in [0.05, 0.1) is 11.5 Å². The zero-order valence-corrected chi connectivity index (χ0v) is 11.4. The Morgan fingerprint density at radius 1 is 1.05 bits per heavy atom. The van der Waals surface area contributed by atoms with E-state index in [-0.39, 0.29) is 17.3 Å². The second-order valence-corrected chi connectivity index (χ2v) is 5.82. The molecule has 0 unspecified atom stereocenters. The van der Waals surface area contributed by atoms with Crippen LogP contribution in [0.5, 0.6) is 5.75 Å². The summed E-state index contributed by atoms with van der Waals surface area (Å²) < 4.78 is 28.7. The molecule has 1 N–H and O–H groups in total. The number of phenols is 1. The SMILES string of the molecule is O=S(=O)(OCc1ccccc1Cl)c1ccc(O)cc1. The van der Waals surface area contributed by atoms with Gasteiger partial charge in [-0.2, -0.15) is 8.42 Å². The second kappa shape index (κ2) is 5.61. The van der Waals surface area contributed by atoms with E-state index in [2.05, 4.69) is 0 Å². The van der Waals surface area contributed by atoms with Crippen LogP contribution < -0.4 is 0 Å². The molecule has 0 atom stereocenters. The average Bonchev–Trinajstić information content (AvgIpc) is 2.38. The summed E-state index contributed by atoms with van der Waals surface area (Å²) in [5.74, 6) is -0.00921. The number of hydrogen-bond donors (Lipinski definition) is 1. The second-order valence-electron chi connectivity index (χ2n) is 3.80. The number of rotatable bonds is 4. The Bertz CT molecular complexity index is 665. The smallest absolute Gasteiger partial charge is 0.297 e. The molecule has 2 aromatic rings. The van der Waals surface area contributed by atoms with Crippen LogP contribution in [-0.4, -0.2) is 13.5 Å². The van der Waals surface area contributed by atoms with Gasteiger partial charge in [-0.15, -0.1) is 0 Å². The van der Waals surface area contributed by atoms with E-state index in [1.165, 1.54) is 24.3 Å². The summed E-state index contributed by atoms with van der Waals surface area (Å²) >= 11 is 5.91. The van der Waals surface area contributed by atoms with Gasteiger partial charge in [-0.1, -0.05) is 29.8 Å². The normalized spacial score (nSPS) is 11.4. The van der Waals surface area contributed by atoms with Crippen molar-refractivity contribution in [2.75, 3.05) is 0 Å². The van der Waals surface area contributed by atoms with Gasteiger partial charge < -0.3 is 5.11 Å². The van der Waals surface area contributed by atoms with Crippen LogP contribution in [0.3, 0.4) is 0 Å². The highest BCUT2D eigenvalue weighted by Gasteiger charge is 2.15. The number of halogens is 1. The van der Waals surface area contributed by atoms with Gasteiger partial charge in [0.2, 0.25) is 0 Å². The molecule has 0 aliphatic rings. The molecule has 0 aromatic heterocycles. The first-order valence-corrected chi connectivity index (χ1v) is 7.19. The van der Waals surface area contributed by atoms with Gasteiger partial charge in [-0.05, 0) is 35.9 Å². The Morgan fingerprint density at radius 3 is 2.32 bits per heavy atom.